The molecule has 2 nitrogen and oxygen atoms in total. The lowest BCUT2D eigenvalue weighted by Crippen LogP contribution is -1.69. The van der Waals surface area contributed by atoms with Gasteiger partial charge in [-0.2, -0.15) is 0 Å². The van der Waals surface area contributed by atoms with Gasteiger partial charge in [-0.15, -0.1) is 0 Å². The Kier molecular flexibility index (Phi) is 2.36. The second kappa shape index (κ2) is 3.83. The highest BCUT2D eigenvalue weighted by Crippen LogP contribution is 2.12. The van der Waals surface area contributed by atoms with Crippen LogP contribution in [0.15, 0.2) is 47.1 Å². The van der Waals surface area contributed by atoms with Crippen molar-refractivity contribution < 1.29 is 9.52 Å². The molecule has 0 saturated heterocycles. The van der Waals surface area contributed by atoms with Crippen LogP contribution in [-0.2, 0) is 0 Å². The molecule has 14 heavy (non-hydrogen) atoms. The summed E-state index contributed by atoms with van der Waals surface area (Å²) in [5.74, 6) is 1.10. The third-order valence-corrected chi connectivity index (χ3v) is 1.88. The van der Waals surface area contributed by atoms with Gasteiger partial charge in [0.2, 0.25) is 0 Å². The van der Waals surface area contributed by atoms with Crippen molar-refractivity contribution in [3.05, 3.63) is 54.0 Å². The summed E-state index contributed by atoms with van der Waals surface area (Å²) in [5, 5.41) is 9.07. The van der Waals surface area contributed by atoms with Gasteiger partial charge in [-0.25, -0.2) is 0 Å². The van der Waals surface area contributed by atoms with E-state index in [4.69, 9.17) is 9.52 Å². The van der Waals surface area contributed by atoms with Crippen molar-refractivity contribution in [3.63, 3.8) is 0 Å². The van der Waals surface area contributed by atoms with Crippen LogP contribution < -0.4 is 0 Å². The second-order valence-corrected chi connectivity index (χ2v) is 2.94. The van der Waals surface area contributed by atoms with Crippen molar-refractivity contribution in [2.45, 2.75) is 0 Å². The molecule has 0 aliphatic carbocycles. The van der Waals surface area contributed by atoms with Crippen LogP contribution in [0.2, 0.25) is 0 Å². The van der Waals surface area contributed by atoms with Crippen molar-refractivity contribution in [2.75, 3.05) is 0 Å². The highest BCUT2D eigenvalue weighted by molar-refractivity contribution is 5.67. The SMILES string of the molecule is Oc1ccc(/C=C/c2ccco2)cc1. The predicted octanol–water partition coefficient (Wildman–Crippen LogP) is 3.16. The van der Waals surface area contributed by atoms with Gasteiger partial charge in [0.1, 0.15) is 11.5 Å². The quantitative estimate of drug-likeness (QED) is 0.781. The molecule has 0 radical (unpaired) electrons. The molecule has 1 N–H and O–H groups in total. The highest BCUT2D eigenvalue weighted by atomic mass is 16.3. The summed E-state index contributed by atoms with van der Waals surface area (Å²) in [6.45, 7) is 0. The third-order valence-electron chi connectivity index (χ3n) is 1.88. The zero-order valence-corrected chi connectivity index (χ0v) is 7.55. The standard InChI is InChI=1S/C12H10O2/c13-11-6-3-10(4-7-11)5-8-12-2-1-9-14-12/h1-9,13H/b8-5+. The summed E-state index contributed by atoms with van der Waals surface area (Å²) in [7, 11) is 0. The number of benzene rings is 1. The van der Waals surface area contributed by atoms with Gasteiger partial charge in [-0.1, -0.05) is 18.2 Å². The van der Waals surface area contributed by atoms with Crippen LogP contribution in [0.5, 0.6) is 5.75 Å². The number of aromatic hydroxyl groups is 1. The first kappa shape index (κ1) is 8.63. The Balaban J connectivity index is 2.15. The fraction of sp³-hybridized carbons (Fsp3) is 0. The Morgan fingerprint density at radius 3 is 2.43 bits per heavy atom. The molecule has 70 valence electrons. The first-order valence-electron chi connectivity index (χ1n) is 4.35. The molecular formula is C12H10O2. The van der Waals surface area contributed by atoms with Gasteiger partial charge in [0.05, 0.1) is 6.26 Å². The topological polar surface area (TPSA) is 33.4 Å². The van der Waals surface area contributed by atoms with Crippen molar-refractivity contribution in [1.82, 2.24) is 0 Å². The Hall–Kier alpha value is -1.96. The van der Waals surface area contributed by atoms with E-state index in [1.165, 1.54) is 0 Å². The molecule has 0 atom stereocenters. The summed E-state index contributed by atoms with van der Waals surface area (Å²) in [5.41, 5.74) is 1.03. The molecule has 2 aromatic rings. The van der Waals surface area contributed by atoms with Gasteiger partial charge in [-0.3, -0.25) is 0 Å². The molecule has 0 unspecified atom stereocenters. The monoisotopic (exact) mass is 186 g/mol. The van der Waals surface area contributed by atoms with Gasteiger partial charge in [0.25, 0.3) is 0 Å². The number of phenolic OH excluding ortho intramolecular Hbond substituents is 1. The van der Waals surface area contributed by atoms with E-state index in [0.29, 0.717) is 0 Å². The van der Waals surface area contributed by atoms with E-state index in [1.54, 1.807) is 18.4 Å². The van der Waals surface area contributed by atoms with Gasteiger partial charge >= 0.3 is 0 Å². The molecule has 0 saturated carbocycles. The largest absolute Gasteiger partial charge is 0.508 e. The Bertz CT molecular complexity index is 410. The summed E-state index contributed by atoms with van der Waals surface area (Å²) < 4.78 is 5.14. The Labute approximate surface area is 82.1 Å². The van der Waals surface area contributed by atoms with E-state index in [1.807, 2.05) is 36.4 Å². The average Bonchev–Trinajstić information content (AvgIpc) is 2.70. The fourth-order valence-corrected chi connectivity index (χ4v) is 1.15. The third kappa shape index (κ3) is 2.04. The van der Waals surface area contributed by atoms with Gasteiger partial charge in [-0.05, 0) is 35.9 Å². The number of hydrogen-bond acceptors (Lipinski definition) is 2. The zero-order valence-electron chi connectivity index (χ0n) is 7.55. The first-order valence-corrected chi connectivity index (χ1v) is 4.35. The van der Waals surface area contributed by atoms with Crippen LogP contribution in [0.1, 0.15) is 11.3 Å². The molecule has 0 aliphatic rings. The average molecular weight is 186 g/mol. The van der Waals surface area contributed by atoms with E-state index in [2.05, 4.69) is 0 Å². The minimum absolute atomic E-state index is 0.278. The maximum absolute atomic E-state index is 9.07. The summed E-state index contributed by atoms with van der Waals surface area (Å²) in [4.78, 5) is 0. The van der Waals surface area contributed by atoms with E-state index in [9.17, 15) is 0 Å². The molecule has 1 heterocycles. The minimum Gasteiger partial charge on any atom is -0.508 e. The van der Waals surface area contributed by atoms with E-state index < -0.39 is 0 Å². The fourth-order valence-electron chi connectivity index (χ4n) is 1.15. The van der Waals surface area contributed by atoms with Crippen LogP contribution in [0.25, 0.3) is 12.2 Å². The normalized spacial score (nSPS) is 10.9. The summed E-state index contributed by atoms with van der Waals surface area (Å²) in [6.07, 6.45) is 5.45. The Morgan fingerprint density at radius 2 is 1.79 bits per heavy atom. The number of furan rings is 1. The van der Waals surface area contributed by atoms with Crippen molar-refractivity contribution >= 4 is 12.2 Å². The molecule has 1 aromatic carbocycles. The minimum atomic E-state index is 0.278. The number of rotatable bonds is 2. The lowest BCUT2D eigenvalue weighted by Gasteiger charge is -1.92. The van der Waals surface area contributed by atoms with Crippen LogP contribution in [0.4, 0.5) is 0 Å². The lowest BCUT2D eigenvalue weighted by atomic mass is 10.2. The van der Waals surface area contributed by atoms with E-state index in [-0.39, 0.29) is 5.75 Å². The van der Waals surface area contributed by atoms with Crippen LogP contribution in [-0.4, -0.2) is 5.11 Å². The smallest absolute Gasteiger partial charge is 0.126 e. The lowest BCUT2D eigenvalue weighted by molar-refractivity contribution is 0.475. The zero-order chi connectivity index (χ0) is 9.80. The number of phenols is 1. The number of hydrogen-bond donors (Lipinski definition) is 1. The molecular weight excluding hydrogens is 176 g/mol. The molecule has 2 heteroatoms. The molecule has 1 aromatic heterocycles. The maximum Gasteiger partial charge on any atom is 0.126 e. The summed E-state index contributed by atoms with van der Waals surface area (Å²) in [6, 6.07) is 10.7. The molecule has 0 spiro atoms. The van der Waals surface area contributed by atoms with Crippen molar-refractivity contribution in [1.29, 1.82) is 0 Å². The van der Waals surface area contributed by atoms with Gasteiger partial charge in [0.15, 0.2) is 0 Å². The predicted molar refractivity (Wildman–Crippen MR) is 55.7 cm³/mol. The summed E-state index contributed by atoms with van der Waals surface area (Å²) >= 11 is 0. The van der Waals surface area contributed by atoms with Gasteiger partial charge in [0, 0.05) is 0 Å². The highest BCUT2D eigenvalue weighted by Gasteiger charge is 1.89. The van der Waals surface area contributed by atoms with E-state index in [0.717, 1.165) is 11.3 Å². The molecule has 0 fully saturated rings. The van der Waals surface area contributed by atoms with Crippen molar-refractivity contribution in [2.24, 2.45) is 0 Å². The van der Waals surface area contributed by atoms with E-state index >= 15 is 0 Å². The first-order chi connectivity index (χ1) is 6.84. The second-order valence-electron chi connectivity index (χ2n) is 2.94. The molecule has 0 bridgehead atoms. The van der Waals surface area contributed by atoms with Gasteiger partial charge < -0.3 is 9.52 Å². The molecule has 0 aliphatic heterocycles. The maximum atomic E-state index is 9.07. The molecule has 0 amide bonds. The van der Waals surface area contributed by atoms with Crippen LogP contribution in [0, 0.1) is 0 Å². The van der Waals surface area contributed by atoms with Crippen LogP contribution in [0.3, 0.4) is 0 Å². The van der Waals surface area contributed by atoms with Crippen molar-refractivity contribution in [3.8, 4) is 5.75 Å². The van der Waals surface area contributed by atoms with Crippen LogP contribution >= 0.6 is 0 Å². The Morgan fingerprint density at radius 1 is 1.00 bits per heavy atom. The molecule has 2 rings (SSSR count).